The highest BCUT2D eigenvalue weighted by atomic mass is 32.2. The maximum Gasteiger partial charge on any atom is 0.243 e. The summed E-state index contributed by atoms with van der Waals surface area (Å²) in [5.74, 6) is 1.02. The first kappa shape index (κ1) is 23.8. The number of nitrogens with zero attached hydrogens (tertiary/aromatic N) is 1. The zero-order chi connectivity index (χ0) is 23.0. The first-order valence-corrected chi connectivity index (χ1v) is 12.2. The van der Waals surface area contributed by atoms with E-state index < -0.39 is 10.0 Å². The van der Waals surface area contributed by atoms with Crippen LogP contribution in [0, 0.1) is 0 Å². The van der Waals surface area contributed by atoms with Crippen LogP contribution < -0.4 is 14.8 Å². The van der Waals surface area contributed by atoms with Gasteiger partial charge in [-0.2, -0.15) is 4.31 Å². The predicted molar refractivity (Wildman–Crippen MR) is 125 cm³/mol. The lowest BCUT2D eigenvalue weighted by atomic mass is 10.1. The molecule has 0 radical (unpaired) electrons. The molecule has 1 aliphatic rings. The van der Waals surface area contributed by atoms with E-state index in [2.05, 4.69) is 11.9 Å². The minimum atomic E-state index is -3.55. The molecule has 2 aromatic carbocycles. The molecule has 7 nitrogen and oxygen atoms in total. The second kappa shape index (κ2) is 11.2. The summed E-state index contributed by atoms with van der Waals surface area (Å²) in [7, 11) is -2.02. The molecular formula is C24H30N2O5S. The van der Waals surface area contributed by atoms with Crippen LogP contribution in [0.5, 0.6) is 11.5 Å². The lowest BCUT2D eigenvalue weighted by Crippen LogP contribution is -2.35. The number of anilines is 1. The van der Waals surface area contributed by atoms with Gasteiger partial charge in [0.1, 0.15) is 18.1 Å². The van der Waals surface area contributed by atoms with Crippen molar-refractivity contribution < 1.29 is 22.7 Å². The lowest BCUT2D eigenvalue weighted by molar-refractivity contribution is -0.116. The van der Waals surface area contributed by atoms with Crippen molar-refractivity contribution in [3.63, 3.8) is 0 Å². The number of hydrogen-bond acceptors (Lipinski definition) is 5. The summed E-state index contributed by atoms with van der Waals surface area (Å²) in [6.45, 7) is 5.09. The molecule has 1 amide bonds. The minimum absolute atomic E-state index is 0.182. The number of benzene rings is 2. The highest BCUT2D eigenvalue weighted by Crippen LogP contribution is 2.27. The molecule has 0 spiro atoms. The normalized spacial score (nSPS) is 14.5. The summed E-state index contributed by atoms with van der Waals surface area (Å²) in [6, 6.07) is 12.0. The monoisotopic (exact) mass is 458 g/mol. The van der Waals surface area contributed by atoms with Crippen molar-refractivity contribution in [3.8, 4) is 11.5 Å². The van der Waals surface area contributed by atoms with Gasteiger partial charge in [-0.15, -0.1) is 0 Å². The van der Waals surface area contributed by atoms with Crippen LogP contribution in [-0.2, 0) is 21.2 Å². The molecule has 2 aromatic rings. The number of carbonyl (C=O) groups is 1. The summed E-state index contributed by atoms with van der Waals surface area (Å²) in [5.41, 5.74) is 1.31. The first-order chi connectivity index (χ1) is 15.4. The lowest BCUT2D eigenvalue weighted by Gasteiger charge is -2.26. The molecule has 3 rings (SSSR count). The quantitative estimate of drug-likeness (QED) is 0.544. The number of rotatable bonds is 10. The Bertz CT molecular complexity index is 1050. The fourth-order valence-corrected chi connectivity index (χ4v) is 5.22. The van der Waals surface area contributed by atoms with Gasteiger partial charge in [-0.1, -0.05) is 25.1 Å². The zero-order valence-corrected chi connectivity index (χ0v) is 19.2. The minimum Gasteiger partial charge on any atom is -0.496 e. The molecule has 172 valence electrons. The highest BCUT2D eigenvalue weighted by molar-refractivity contribution is 7.89. The third-order valence-electron chi connectivity index (χ3n) is 5.31. The van der Waals surface area contributed by atoms with Gasteiger partial charge in [-0.05, 0) is 55.2 Å². The van der Waals surface area contributed by atoms with Crippen LogP contribution in [0.15, 0.2) is 60.0 Å². The van der Waals surface area contributed by atoms with Gasteiger partial charge >= 0.3 is 0 Å². The molecule has 1 heterocycles. The number of methoxy groups -OCH3 is 1. The first-order valence-electron chi connectivity index (χ1n) is 10.7. The number of amides is 1. The van der Waals surface area contributed by atoms with Crippen LogP contribution in [0.3, 0.4) is 0 Å². The van der Waals surface area contributed by atoms with Gasteiger partial charge in [0.15, 0.2) is 0 Å². The van der Waals surface area contributed by atoms with Crippen LogP contribution in [-0.4, -0.2) is 45.4 Å². The SMILES string of the molecule is C=CCOc1cccc(NC(=O)CCc2cc(S(=O)(=O)N3CCCCC3)ccc2OC)c1. The maximum absolute atomic E-state index is 13.0. The predicted octanol–water partition coefficient (Wildman–Crippen LogP) is 4.01. The smallest absolute Gasteiger partial charge is 0.243 e. The van der Waals surface area contributed by atoms with Gasteiger partial charge < -0.3 is 14.8 Å². The number of piperidine rings is 1. The van der Waals surface area contributed by atoms with E-state index >= 15 is 0 Å². The second-order valence-corrected chi connectivity index (χ2v) is 9.55. The Kier molecular flexibility index (Phi) is 8.30. The number of carbonyl (C=O) groups excluding carboxylic acids is 1. The van der Waals surface area contributed by atoms with E-state index in [4.69, 9.17) is 9.47 Å². The third kappa shape index (κ3) is 6.11. The van der Waals surface area contributed by atoms with Crippen molar-refractivity contribution in [2.24, 2.45) is 0 Å². The summed E-state index contributed by atoms with van der Waals surface area (Å²) in [5, 5.41) is 2.85. The van der Waals surface area contributed by atoms with Crippen molar-refractivity contribution in [1.82, 2.24) is 4.31 Å². The molecule has 0 aliphatic carbocycles. The fraction of sp³-hybridized carbons (Fsp3) is 0.375. The number of ether oxygens (including phenoxy) is 2. The average Bonchev–Trinajstić information content (AvgIpc) is 2.82. The second-order valence-electron chi connectivity index (χ2n) is 7.61. The van der Waals surface area contributed by atoms with E-state index in [1.54, 1.807) is 48.5 Å². The molecule has 32 heavy (non-hydrogen) atoms. The number of sulfonamides is 1. The largest absolute Gasteiger partial charge is 0.496 e. The Hall–Kier alpha value is -2.84. The summed E-state index contributed by atoms with van der Waals surface area (Å²) in [4.78, 5) is 12.7. The molecular weight excluding hydrogens is 428 g/mol. The van der Waals surface area contributed by atoms with Gasteiger partial charge in [0.2, 0.25) is 15.9 Å². The molecule has 0 atom stereocenters. The van der Waals surface area contributed by atoms with Gasteiger partial charge in [0, 0.05) is 31.3 Å². The van der Waals surface area contributed by atoms with Crippen molar-refractivity contribution in [1.29, 1.82) is 0 Å². The topological polar surface area (TPSA) is 84.9 Å². The van der Waals surface area contributed by atoms with E-state index in [0.717, 1.165) is 19.3 Å². The Labute approximate surface area is 190 Å². The van der Waals surface area contributed by atoms with Crippen LogP contribution in [0.2, 0.25) is 0 Å². The van der Waals surface area contributed by atoms with Crippen LogP contribution in [0.1, 0.15) is 31.2 Å². The average molecular weight is 459 g/mol. The summed E-state index contributed by atoms with van der Waals surface area (Å²) < 4.78 is 38.4. The van der Waals surface area contributed by atoms with Gasteiger partial charge in [0.05, 0.1) is 12.0 Å². The highest BCUT2D eigenvalue weighted by Gasteiger charge is 2.26. The van der Waals surface area contributed by atoms with E-state index in [1.807, 2.05) is 0 Å². The van der Waals surface area contributed by atoms with Crippen molar-refractivity contribution in [3.05, 3.63) is 60.7 Å². The fourth-order valence-electron chi connectivity index (χ4n) is 3.66. The van der Waals surface area contributed by atoms with Gasteiger partial charge in [-0.3, -0.25) is 4.79 Å². The van der Waals surface area contributed by atoms with Crippen LogP contribution in [0.4, 0.5) is 5.69 Å². The maximum atomic E-state index is 13.0. The standard InChI is InChI=1S/C24H30N2O5S/c1-3-16-31-21-9-7-8-20(18-21)25-24(27)13-10-19-17-22(11-12-23(19)30-2)32(28,29)26-14-5-4-6-15-26/h3,7-9,11-12,17-18H,1,4-6,10,13-16H2,2H3,(H,25,27). The van der Waals surface area contributed by atoms with Crippen molar-refractivity contribution in [2.75, 3.05) is 32.1 Å². The number of aryl methyl sites for hydroxylation is 1. The van der Waals surface area contributed by atoms with Crippen LogP contribution >= 0.6 is 0 Å². The molecule has 8 heteroatoms. The number of nitrogens with one attached hydrogen (secondary N) is 1. The van der Waals surface area contributed by atoms with Crippen LogP contribution in [0.25, 0.3) is 0 Å². The molecule has 0 unspecified atom stereocenters. The van der Waals surface area contributed by atoms with E-state index in [-0.39, 0.29) is 17.2 Å². The molecule has 1 saturated heterocycles. The molecule has 1 fully saturated rings. The Balaban J connectivity index is 1.68. The molecule has 0 saturated carbocycles. The Morgan fingerprint density at radius 3 is 2.66 bits per heavy atom. The molecule has 1 N–H and O–H groups in total. The molecule has 1 aliphatic heterocycles. The van der Waals surface area contributed by atoms with Gasteiger partial charge in [-0.25, -0.2) is 8.42 Å². The zero-order valence-electron chi connectivity index (χ0n) is 18.4. The molecule has 0 aromatic heterocycles. The van der Waals surface area contributed by atoms with E-state index in [1.165, 1.54) is 11.4 Å². The molecule has 0 bridgehead atoms. The van der Waals surface area contributed by atoms with Crippen molar-refractivity contribution >= 4 is 21.6 Å². The summed E-state index contributed by atoms with van der Waals surface area (Å²) >= 11 is 0. The van der Waals surface area contributed by atoms with E-state index in [0.29, 0.717) is 48.9 Å². The van der Waals surface area contributed by atoms with E-state index in [9.17, 15) is 13.2 Å². The third-order valence-corrected chi connectivity index (χ3v) is 7.21. The Morgan fingerprint density at radius 1 is 1.16 bits per heavy atom. The summed E-state index contributed by atoms with van der Waals surface area (Å²) in [6.07, 6.45) is 4.99. The van der Waals surface area contributed by atoms with Gasteiger partial charge in [0.25, 0.3) is 0 Å². The Morgan fingerprint density at radius 2 is 1.94 bits per heavy atom. The van der Waals surface area contributed by atoms with Crippen molar-refractivity contribution in [2.45, 2.75) is 37.0 Å². The number of hydrogen-bond donors (Lipinski definition) is 1.